The molecule has 4 aromatic carbocycles. The van der Waals surface area contributed by atoms with E-state index in [4.69, 9.17) is 0 Å². The first-order valence-corrected chi connectivity index (χ1v) is 14.2. The minimum absolute atomic E-state index is 0.761. The lowest BCUT2D eigenvalue weighted by molar-refractivity contribution is 1.35. The predicted molar refractivity (Wildman–Crippen MR) is 128 cm³/mol. The maximum atomic E-state index is 2.70. The highest BCUT2D eigenvalue weighted by molar-refractivity contribution is 8.00. The summed E-state index contributed by atoms with van der Waals surface area (Å²) in [5, 5.41) is 6.05. The number of hydrogen-bond acceptors (Lipinski definition) is 2. The molecule has 4 heteroatoms. The van der Waals surface area contributed by atoms with Crippen molar-refractivity contribution in [3.8, 4) is 0 Å². The maximum Gasteiger partial charge on any atom is 0.249 e. The minimum Gasteiger partial charge on any atom is -0.360 e. The monoisotopic (exact) mass is 421 g/mol. The summed E-state index contributed by atoms with van der Waals surface area (Å²) in [6, 6.07) is 36.2. The quantitative estimate of drug-likeness (QED) is 0.432. The van der Waals surface area contributed by atoms with Gasteiger partial charge in [-0.25, -0.2) is 0 Å². The number of nitrogens with zero attached hydrogens (tertiary/aromatic N) is 1. The highest BCUT2D eigenvalue weighted by atomic mass is 32.2. The van der Waals surface area contributed by atoms with Gasteiger partial charge in [-0.1, -0.05) is 91.1 Å². The van der Waals surface area contributed by atoms with E-state index in [2.05, 4.69) is 108 Å². The third kappa shape index (κ3) is 2.60. The maximum absolute atomic E-state index is 2.70. The van der Waals surface area contributed by atoms with Crippen molar-refractivity contribution in [1.82, 2.24) is 0 Å². The molecule has 0 saturated carbocycles. The molecular formula is C25H19NSSi2. The van der Waals surface area contributed by atoms with Crippen molar-refractivity contribution in [1.29, 1.82) is 0 Å². The average molecular weight is 422 g/mol. The van der Waals surface area contributed by atoms with E-state index in [1.165, 1.54) is 41.9 Å². The van der Waals surface area contributed by atoms with Gasteiger partial charge in [0.2, 0.25) is 8.96 Å². The molecule has 2 aliphatic heterocycles. The van der Waals surface area contributed by atoms with E-state index in [1.807, 2.05) is 11.8 Å². The van der Waals surface area contributed by atoms with E-state index in [-0.39, 0.29) is 0 Å². The van der Waals surface area contributed by atoms with Crippen LogP contribution >= 0.6 is 11.8 Å². The van der Waals surface area contributed by atoms with Crippen LogP contribution in [0.1, 0.15) is 0 Å². The number of anilines is 2. The van der Waals surface area contributed by atoms with Crippen LogP contribution < -0.4 is 25.3 Å². The van der Waals surface area contributed by atoms with Crippen LogP contribution in [0.25, 0.3) is 0 Å². The zero-order valence-corrected chi connectivity index (χ0v) is 18.9. The van der Waals surface area contributed by atoms with Gasteiger partial charge in [0.1, 0.15) is 8.80 Å². The summed E-state index contributed by atoms with van der Waals surface area (Å²) in [4.78, 5) is 2.81. The molecular weight excluding hydrogens is 403 g/mol. The third-order valence-electron chi connectivity index (χ3n) is 5.83. The Labute approximate surface area is 179 Å². The Morgan fingerprint density at radius 3 is 1.48 bits per heavy atom. The summed E-state index contributed by atoms with van der Waals surface area (Å²) in [6.45, 7) is 2.44. The van der Waals surface area contributed by atoms with Crippen LogP contribution in [0, 0.1) is 0 Å². The van der Waals surface area contributed by atoms with Gasteiger partial charge in [-0.2, -0.15) is 0 Å². The normalized spacial score (nSPS) is 15.3. The van der Waals surface area contributed by atoms with Crippen LogP contribution in [0.2, 0.25) is 6.55 Å². The summed E-state index contributed by atoms with van der Waals surface area (Å²) in [5.41, 5.74) is 2.82. The van der Waals surface area contributed by atoms with Gasteiger partial charge in [-0.05, 0) is 45.0 Å². The topological polar surface area (TPSA) is 3.24 Å². The number of hydrogen-bond donors (Lipinski definition) is 0. The lowest BCUT2D eigenvalue weighted by Crippen LogP contribution is -2.62. The predicted octanol–water partition coefficient (Wildman–Crippen LogP) is 3.65. The third-order valence-corrected chi connectivity index (χ3v) is 12.6. The summed E-state index contributed by atoms with van der Waals surface area (Å²) in [5.74, 6) is 0. The number of para-hydroxylation sites is 2. The molecule has 0 aromatic heterocycles. The number of fused-ring (bicyclic) bond motifs is 4. The zero-order chi connectivity index (χ0) is 19.4. The van der Waals surface area contributed by atoms with E-state index in [9.17, 15) is 0 Å². The molecule has 0 saturated heterocycles. The molecule has 138 valence electrons. The average Bonchev–Trinajstić information content (AvgIpc) is 2.79. The fourth-order valence-electron chi connectivity index (χ4n) is 4.49. The van der Waals surface area contributed by atoms with Crippen LogP contribution in [0.15, 0.2) is 107 Å². The van der Waals surface area contributed by atoms with Crippen molar-refractivity contribution in [3.63, 3.8) is 0 Å². The lowest BCUT2D eigenvalue weighted by Gasteiger charge is -2.42. The van der Waals surface area contributed by atoms with Crippen LogP contribution in [-0.4, -0.2) is 17.8 Å². The van der Waals surface area contributed by atoms with Crippen molar-refractivity contribution in [3.05, 3.63) is 97.1 Å². The smallest absolute Gasteiger partial charge is 0.249 e. The number of benzene rings is 4. The van der Waals surface area contributed by atoms with Gasteiger partial charge in [0.15, 0.2) is 0 Å². The Hall–Kier alpha value is -2.54. The summed E-state index contributed by atoms with van der Waals surface area (Å²) in [7, 11) is -1.94. The van der Waals surface area contributed by atoms with Gasteiger partial charge in [0, 0.05) is 21.2 Å². The lowest BCUT2D eigenvalue weighted by atomic mass is 10.2. The first-order chi connectivity index (χ1) is 14.3. The fourth-order valence-corrected chi connectivity index (χ4v) is 11.4. The molecule has 2 heterocycles. The number of rotatable bonds is 1. The molecule has 0 fully saturated rings. The van der Waals surface area contributed by atoms with Crippen LogP contribution in [0.5, 0.6) is 0 Å². The molecule has 0 atom stereocenters. The molecule has 0 aliphatic carbocycles. The fraction of sp³-hybridized carbons (Fsp3) is 0.0400. The first-order valence-electron chi connectivity index (χ1n) is 9.89. The Balaban J connectivity index is 1.67. The van der Waals surface area contributed by atoms with E-state index < -0.39 is 17.8 Å². The largest absolute Gasteiger partial charge is 0.360 e. The second kappa shape index (κ2) is 6.76. The summed E-state index contributed by atoms with van der Waals surface area (Å²) in [6.07, 6.45) is 0. The molecule has 29 heavy (non-hydrogen) atoms. The zero-order valence-electron chi connectivity index (χ0n) is 16.1. The summed E-state index contributed by atoms with van der Waals surface area (Å²) >= 11 is 1.92. The van der Waals surface area contributed by atoms with E-state index >= 15 is 0 Å². The van der Waals surface area contributed by atoms with Crippen molar-refractivity contribution in [2.24, 2.45) is 0 Å². The SMILES string of the molecule is C[Si]1c2ccccc2N([Si]2c3ccccc3Sc3ccccc32)c2ccccc21. The van der Waals surface area contributed by atoms with Crippen molar-refractivity contribution >= 4 is 61.6 Å². The van der Waals surface area contributed by atoms with Gasteiger partial charge < -0.3 is 4.57 Å². The standard InChI is InChI=1S/C25H19NSSi2/c1-28-22-14-6-2-10-18(22)26(19-11-3-7-15-23(19)28)29-24-16-8-4-12-20(24)27-21-13-5-9-17-25(21)29/h2-17H,1H3. The van der Waals surface area contributed by atoms with Crippen molar-refractivity contribution in [2.45, 2.75) is 16.3 Å². The highest BCUT2D eigenvalue weighted by Gasteiger charge is 2.39. The van der Waals surface area contributed by atoms with Crippen LogP contribution in [0.4, 0.5) is 11.4 Å². The van der Waals surface area contributed by atoms with Gasteiger partial charge in [-0.3, -0.25) is 0 Å². The van der Waals surface area contributed by atoms with Crippen LogP contribution in [0.3, 0.4) is 0 Å². The second-order valence-electron chi connectivity index (χ2n) is 7.44. The molecule has 0 unspecified atom stereocenters. The molecule has 6 rings (SSSR count). The Morgan fingerprint density at radius 1 is 0.552 bits per heavy atom. The van der Waals surface area contributed by atoms with Gasteiger partial charge in [-0.15, -0.1) is 0 Å². The molecule has 2 radical (unpaired) electrons. The highest BCUT2D eigenvalue weighted by Crippen LogP contribution is 2.35. The van der Waals surface area contributed by atoms with Crippen molar-refractivity contribution < 1.29 is 0 Å². The Kier molecular flexibility index (Phi) is 4.04. The van der Waals surface area contributed by atoms with Gasteiger partial charge >= 0.3 is 0 Å². The molecule has 1 nitrogen and oxygen atoms in total. The molecule has 2 aliphatic rings. The van der Waals surface area contributed by atoms with E-state index in [0.29, 0.717) is 0 Å². The van der Waals surface area contributed by atoms with E-state index in [1.54, 1.807) is 0 Å². The van der Waals surface area contributed by atoms with E-state index in [0.717, 1.165) is 0 Å². The molecule has 0 amide bonds. The van der Waals surface area contributed by atoms with Crippen molar-refractivity contribution in [2.75, 3.05) is 4.57 Å². The molecule has 4 aromatic rings. The Morgan fingerprint density at radius 2 is 0.966 bits per heavy atom. The molecule has 0 spiro atoms. The van der Waals surface area contributed by atoms with Gasteiger partial charge in [0.25, 0.3) is 0 Å². The molecule has 0 N–H and O–H groups in total. The van der Waals surface area contributed by atoms with Gasteiger partial charge in [0.05, 0.1) is 0 Å². The second-order valence-corrected chi connectivity index (χ2v) is 13.1. The Bertz CT molecular complexity index is 1150. The summed E-state index contributed by atoms with van der Waals surface area (Å²) < 4.78 is 2.70. The van der Waals surface area contributed by atoms with Crippen LogP contribution in [-0.2, 0) is 0 Å². The molecule has 0 bridgehead atoms. The first kappa shape index (κ1) is 17.3. The minimum atomic E-state index is -1.18.